The molecule has 16 heavy (non-hydrogen) atoms. The fraction of sp³-hybridized carbons (Fsp3) is 0.867. The summed E-state index contributed by atoms with van der Waals surface area (Å²) < 4.78 is 0. The number of allylic oxidation sites excluding steroid dienone is 1. The topological polar surface area (TPSA) is 12.0 Å². The molecule has 0 aromatic heterocycles. The lowest BCUT2D eigenvalue weighted by Gasteiger charge is -2.09. The van der Waals surface area contributed by atoms with Crippen molar-refractivity contribution in [2.75, 3.05) is 13.1 Å². The van der Waals surface area contributed by atoms with Crippen LogP contribution in [0.25, 0.3) is 0 Å². The van der Waals surface area contributed by atoms with Crippen molar-refractivity contribution in [2.45, 2.75) is 64.2 Å². The van der Waals surface area contributed by atoms with E-state index in [4.69, 9.17) is 0 Å². The minimum atomic E-state index is 1.06. The van der Waals surface area contributed by atoms with Gasteiger partial charge >= 0.3 is 0 Å². The van der Waals surface area contributed by atoms with Gasteiger partial charge in [-0.15, -0.1) is 6.58 Å². The van der Waals surface area contributed by atoms with Crippen molar-refractivity contribution in [3.05, 3.63) is 12.7 Å². The first kappa shape index (κ1) is 13.8. The molecule has 1 N–H and O–H groups in total. The van der Waals surface area contributed by atoms with Gasteiger partial charge in [0.25, 0.3) is 0 Å². The smallest absolute Gasteiger partial charge is 0.00488 e. The van der Waals surface area contributed by atoms with E-state index in [0.717, 1.165) is 5.92 Å². The molecular weight excluding hydrogens is 194 g/mol. The molecule has 0 heterocycles. The van der Waals surface area contributed by atoms with Crippen molar-refractivity contribution >= 4 is 0 Å². The highest BCUT2D eigenvalue weighted by Gasteiger charge is 2.13. The van der Waals surface area contributed by atoms with E-state index in [1.54, 1.807) is 0 Å². The predicted octanol–water partition coefficient (Wildman–Crippen LogP) is 4.29. The van der Waals surface area contributed by atoms with E-state index in [-0.39, 0.29) is 0 Å². The maximum absolute atomic E-state index is 3.74. The van der Waals surface area contributed by atoms with Crippen molar-refractivity contribution in [2.24, 2.45) is 5.92 Å². The Hall–Kier alpha value is -0.300. The van der Waals surface area contributed by atoms with Crippen LogP contribution in [0, 0.1) is 5.92 Å². The minimum absolute atomic E-state index is 1.06. The molecule has 0 saturated heterocycles. The van der Waals surface area contributed by atoms with E-state index in [0.29, 0.717) is 0 Å². The Morgan fingerprint density at radius 2 is 1.75 bits per heavy atom. The molecule has 0 atom stereocenters. The molecule has 0 unspecified atom stereocenters. The summed E-state index contributed by atoms with van der Waals surface area (Å²) >= 11 is 0. The molecule has 0 aromatic rings. The first-order valence-corrected chi connectivity index (χ1v) is 7.25. The quantitative estimate of drug-likeness (QED) is 0.430. The number of unbranched alkanes of at least 4 members (excludes halogenated alkanes) is 3. The predicted molar refractivity (Wildman–Crippen MR) is 72.7 cm³/mol. The van der Waals surface area contributed by atoms with Gasteiger partial charge in [-0.3, -0.25) is 0 Å². The number of hydrogen-bond donors (Lipinski definition) is 1. The molecule has 1 rings (SSSR count). The Morgan fingerprint density at radius 3 is 2.50 bits per heavy atom. The highest BCUT2D eigenvalue weighted by Crippen LogP contribution is 2.28. The van der Waals surface area contributed by atoms with E-state index in [1.165, 1.54) is 77.3 Å². The molecule has 1 aliphatic carbocycles. The van der Waals surface area contributed by atoms with Gasteiger partial charge in [0, 0.05) is 0 Å². The summed E-state index contributed by atoms with van der Waals surface area (Å²) in [6.45, 7) is 6.19. The average molecular weight is 223 g/mol. The second-order valence-corrected chi connectivity index (χ2v) is 5.18. The van der Waals surface area contributed by atoms with Crippen LogP contribution in [-0.2, 0) is 0 Å². The van der Waals surface area contributed by atoms with E-state index in [1.807, 2.05) is 6.08 Å². The molecular formula is C15H29N. The average Bonchev–Trinajstić information content (AvgIpc) is 2.80. The lowest BCUT2D eigenvalue weighted by Crippen LogP contribution is -2.17. The second-order valence-electron chi connectivity index (χ2n) is 5.18. The van der Waals surface area contributed by atoms with Gasteiger partial charge < -0.3 is 5.32 Å². The van der Waals surface area contributed by atoms with Crippen LogP contribution in [0.1, 0.15) is 64.2 Å². The summed E-state index contributed by atoms with van der Waals surface area (Å²) in [4.78, 5) is 0. The van der Waals surface area contributed by atoms with Gasteiger partial charge in [-0.05, 0) is 51.1 Å². The molecule has 1 fully saturated rings. The standard InChI is InChI=1S/C15H29N/c1-2-3-4-5-8-13-16-14-9-12-15-10-6-7-11-15/h2,15-16H,1,3-14H2. The third kappa shape index (κ3) is 7.05. The highest BCUT2D eigenvalue weighted by molar-refractivity contribution is 4.68. The highest BCUT2D eigenvalue weighted by atomic mass is 14.8. The molecule has 0 radical (unpaired) electrons. The summed E-state index contributed by atoms with van der Waals surface area (Å²) in [5.41, 5.74) is 0. The van der Waals surface area contributed by atoms with Crippen molar-refractivity contribution < 1.29 is 0 Å². The van der Waals surface area contributed by atoms with Crippen molar-refractivity contribution in [3.63, 3.8) is 0 Å². The van der Waals surface area contributed by atoms with Crippen LogP contribution in [0.3, 0.4) is 0 Å². The number of nitrogens with one attached hydrogen (secondary N) is 1. The van der Waals surface area contributed by atoms with E-state index < -0.39 is 0 Å². The Labute approximate surface area is 102 Å². The third-order valence-electron chi connectivity index (χ3n) is 3.70. The lowest BCUT2D eigenvalue weighted by atomic mass is 10.0. The number of rotatable bonds is 10. The summed E-state index contributed by atoms with van der Waals surface area (Å²) in [5, 5.41) is 3.56. The van der Waals surface area contributed by atoms with Gasteiger partial charge in [-0.2, -0.15) is 0 Å². The molecule has 0 spiro atoms. The van der Waals surface area contributed by atoms with Gasteiger partial charge in [0.05, 0.1) is 0 Å². The zero-order valence-electron chi connectivity index (χ0n) is 10.8. The van der Waals surface area contributed by atoms with Crippen molar-refractivity contribution in [1.82, 2.24) is 5.32 Å². The van der Waals surface area contributed by atoms with Crippen LogP contribution in [0.2, 0.25) is 0 Å². The van der Waals surface area contributed by atoms with Crippen LogP contribution in [0.15, 0.2) is 12.7 Å². The van der Waals surface area contributed by atoms with Gasteiger partial charge in [-0.1, -0.05) is 38.2 Å². The van der Waals surface area contributed by atoms with E-state index in [2.05, 4.69) is 11.9 Å². The van der Waals surface area contributed by atoms with Crippen LogP contribution >= 0.6 is 0 Å². The van der Waals surface area contributed by atoms with E-state index >= 15 is 0 Å². The fourth-order valence-corrected chi connectivity index (χ4v) is 2.66. The Bertz CT molecular complexity index is 159. The fourth-order valence-electron chi connectivity index (χ4n) is 2.66. The first-order chi connectivity index (χ1) is 7.93. The molecule has 1 nitrogen and oxygen atoms in total. The summed E-state index contributed by atoms with van der Waals surface area (Å²) in [6, 6.07) is 0. The van der Waals surface area contributed by atoms with E-state index in [9.17, 15) is 0 Å². The van der Waals surface area contributed by atoms with Gasteiger partial charge in [0.15, 0.2) is 0 Å². The van der Waals surface area contributed by atoms with Crippen molar-refractivity contribution in [1.29, 1.82) is 0 Å². The first-order valence-electron chi connectivity index (χ1n) is 7.25. The molecule has 0 bridgehead atoms. The minimum Gasteiger partial charge on any atom is -0.317 e. The number of hydrogen-bond acceptors (Lipinski definition) is 1. The van der Waals surface area contributed by atoms with Crippen molar-refractivity contribution in [3.8, 4) is 0 Å². The van der Waals surface area contributed by atoms with Gasteiger partial charge in [-0.25, -0.2) is 0 Å². The molecule has 0 aliphatic heterocycles. The van der Waals surface area contributed by atoms with Crippen LogP contribution in [0.4, 0.5) is 0 Å². The van der Waals surface area contributed by atoms with Crippen LogP contribution in [-0.4, -0.2) is 13.1 Å². The molecule has 1 saturated carbocycles. The Balaban J connectivity index is 1.72. The molecule has 0 aromatic carbocycles. The zero-order chi connectivity index (χ0) is 11.5. The molecule has 1 heteroatoms. The van der Waals surface area contributed by atoms with Gasteiger partial charge in [0.1, 0.15) is 0 Å². The molecule has 1 aliphatic rings. The Morgan fingerprint density at radius 1 is 1.00 bits per heavy atom. The monoisotopic (exact) mass is 223 g/mol. The maximum atomic E-state index is 3.74. The third-order valence-corrected chi connectivity index (χ3v) is 3.70. The molecule has 94 valence electrons. The summed E-state index contributed by atoms with van der Waals surface area (Å²) in [6.07, 6.45) is 16.0. The summed E-state index contributed by atoms with van der Waals surface area (Å²) in [5.74, 6) is 1.06. The van der Waals surface area contributed by atoms with Gasteiger partial charge in [0.2, 0.25) is 0 Å². The largest absolute Gasteiger partial charge is 0.317 e. The normalized spacial score (nSPS) is 16.8. The van der Waals surface area contributed by atoms with Crippen LogP contribution in [0.5, 0.6) is 0 Å². The second kappa shape index (κ2) is 9.89. The Kier molecular flexibility index (Phi) is 8.51. The molecule has 0 amide bonds. The summed E-state index contributed by atoms with van der Waals surface area (Å²) in [7, 11) is 0. The van der Waals surface area contributed by atoms with Crippen LogP contribution < -0.4 is 5.32 Å². The zero-order valence-corrected chi connectivity index (χ0v) is 10.8. The SMILES string of the molecule is C=CCCCCCNCCCC1CCCC1. The lowest BCUT2D eigenvalue weighted by molar-refractivity contribution is 0.468. The maximum Gasteiger partial charge on any atom is -0.00488 e.